The second kappa shape index (κ2) is 7.21. The minimum absolute atomic E-state index is 0.129. The largest absolute Gasteiger partial charge is 0.308 e. The second-order valence-electron chi connectivity index (χ2n) is 6.83. The monoisotopic (exact) mass is 385 g/mol. The van der Waals surface area contributed by atoms with Gasteiger partial charge in [-0.15, -0.1) is 11.3 Å². The van der Waals surface area contributed by atoms with Crippen molar-refractivity contribution in [3.63, 3.8) is 0 Å². The van der Waals surface area contributed by atoms with Gasteiger partial charge in [0, 0.05) is 24.4 Å². The van der Waals surface area contributed by atoms with Crippen LogP contribution in [-0.2, 0) is 25.7 Å². The molecule has 7 nitrogen and oxygen atoms in total. The quantitative estimate of drug-likeness (QED) is 0.729. The van der Waals surface area contributed by atoms with Gasteiger partial charge in [0.1, 0.15) is 6.04 Å². The number of likely N-dealkylation sites (tertiary alicyclic amines) is 1. The number of allylic oxidation sites excluding steroid dienone is 2. The molecule has 2 aliphatic heterocycles. The van der Waals surface area contributed by atoms with Crippen LogP contribution in [0, 0.1) is 11.8 Å². The first kappa shape index (κ1) is 17.8. The minimum atomic E-state index is -0.901. The standard InChI is InChI=1S/C19H19N3O4S/c23-15-7-6-14(17(24)21-15)22-18(25)13-5-1-3-11(16(13)19(22)26)9-20-10-12-4-2-8-27-12/h1-5,8,13-14,16,20H,6-7,9-10H2,(H,21,23,24). The summed E-state index contributed by atoms with van der Waals surface area (Å²) in [4.78, 5) is 51.6. The number of carbonyl (C=O) groups is 4. The molecule has 2 fully saturated rings. The van der Waals surface area contributed by atoms with Crippen LogP contribution in [0.1, 0.15) is 17.7 Å². The van der Waals surface area contributed by atoms with Crippen molar-refractivity contribution >= 4 is 35.0 Å². The lowest BCUT2D eigenvalue weighted by molar-refractivity contribution is -0.151. The van der Waals surface area contributed by atoms with Gasteiger partial charge in [0.05, 0.1) is 11.8 Å². The molecule has 1 aromatic rings. The molecule has 3 heterocycles. The SMILES string of the molecule is O=C1CCC(N2C(=O)C3C=CC=C(CNCc4cccs4)C3C2=O)C(=O)N1. The number of carbonyl (C=O) groups excluding carboxylic acids is 4. The van der Waals surface area contributed by atoms with Gasteiger partial charge < -0.3 is 5.32 Å². The fraction of sp³-hybridized carbons (Fsp3) is 0.368. The maximum atomic E-state index is 13.0. The van der Waals surface area contributed by atoms with E-state index in [1.807, 2.05) is 23.6 Å². The number of piperidine rings is 1. The highest BCUT2D eigenvalue weighted by molar-refractivity contribution is 7.09. The Kier molecular flexibility index (Phi) is 4.75. The van der Waals surface area contributed by atoms with Crippen molar-refractivity contribution in [1.82, 2.24) is 15.5 Å². The first-order chi connectivity index (χ1) is 13.1. The number of hydrogen-bond acceptors (Lipinski definition) is 6. The number of imide groups is 2. The Bertz CT molecular complexity index is 858. The fourth-order valence-corrected chi connectivity index (χ4v) is 4.52. The molecule has 1 aliphatic carbocycles. The van der Waals surface area contributed by atoms with E-state index in [4.69, 9.17) is 0 Å². The molecule has 27 heavy (non-hydrogen) atoms. The third-order valence-corrected chi connectivity index (χ3v) is 6.02. The summed E-state index contributed by atoms with van der Waals surface area (Å²) in [6, 6.07) is 3.11. The third kappa shape index (κ3) is 3.26. The van der Waals surface area contributed by atoms with E-state index >= 15 is 0 Å². The molecule has 0 saturated carbocycles. The maximum Gasteiger partial charge on any atom is 0.249 e. The zero-order valence-electron chi connectivity index (χ0n) is 14.5. The summed E-state index contributed by atoms with van der Waals surface area (Å²) in [5.41, 5.74) is 0.840. The van der Waals surface area contributed by atoms with Crippen LogP contribution in [0.4, 0.5) is 0 Å². The van der Waals surface area contributed by atoms with E-state index in [1.54, 1.807) is 23.5 Å². The average molecular weight is 385 g/mol. The summed E-state index contributed by atoms with van der Waals surface area (Å²) in [7, 11) is 0. The van der Waals surface area contributed by atoms with E-state index in [0.717, 1.165) is 10.5 Å². The molecule has 8 heteroatoms. The molecular weight excluding hydrogens is 366 g/mol. The second-order valence-corrected chi connectivity index (χ2v) is 7.86. The molecule has 2 N–H and O–H groups in total. The van der Waals surface area contributed by atoms with Crippen LogP contribution in [0.3, 0.4) is 0 Å². The van der Waals surface area contributed by atoms with Crippen molar-refractivity contribution < 1.29 is 19.2 Å². The van der Waals surface area contributed by atoms with Crippen LogP contribution >= 0.6 is 11.3 Å². The smallest absolute Gasteiger partial charge is 0.249 e. The Morgan fingerprint density at radius 1 is 1.19 bits per heavy atom. The first-order valence-corrected chi connectivity index (χ1v) is 9.75. The molecule has 1 aromatic heterocycles. The zero-order valence-corrected chi connectivity index (χ0v) is 15.3. The lowest BCUT2D eigenvalue weighted by Crippen LogP contribution is -2.54. The molecule has 3 unspecified atom stereocenters. The summed E-state index contributed by atoms with van der Waals surface area (Å²) in [6.45, 7) is 1.18. The van der Waals surface area contributed by atoms with Gasteiger partial charge in [-0.05, 0) is 23.4 Å². The van der Waals surface area contributed by atoms with E-state index < -0.39 is 23.8 Å². The summed E-state index contributed by atoms with van der Waals surface area (Å²) >= 11 is 1.65. The van der Waals surface area contributed by atoms with Gasteiger partial charge in [-0.25, -0.2) is 0 Å². The van der Waals surface area contributed by atoms with Crippen LogP contribution in [-0.4, -0.2) is 41.1 Å². The highest BCUT2D eigenvalue weighted by atomic mass is 32.1. The Morgan fingerprint density at radius 3 is 2.78 bits per heavy atom. The van der Waals surface area contributed by atoms with Crippen molar-refractivity contribution in [2.24, 2.45) is 11.8 Å². The minimum Gasteiger partial charge on any atom is -0.308 e. The van der Waals surface area contributed by atoms with Gasteiger partial charge in [0.15, 0.2) is 0 Å². The number of rotatable bonds is 5. The predicted molar refractivity (Wildman–Crippen MR) is 98.3 cm³/mol. The topological polar surface area (TPSA) is 95.6 Å². The molecule has 2 saturated heterocycles. The lowest BCUT2D eigenvalue weighted by Gasteiger charge is -2.28. The Morgan fingerprint density at radius 2 is 2.04 bits per heavy atom. The molecule has 140 valence electrons. The number of fused-ring (bicyclic) bond motifs is 1. The van der Waals surface area contributed by atoms with Gasteiger partial charge in [-0.2, -0.15) is 0 Å². The van der Waals surface area contributed by atoms with Crippen molar-refractivity contribution in [3.8, 4) is 0 Å². The number of amides is 4. The molecule has 0 aromatic carbocycles. The Labute approximate surface area is 160 Å². The molecule has 4 rings (SSSR count). The normalized spacial score (nSPS) is 27.6. The first-order valence-electron chi connectivity index (χ1n) is 8.87. The van der Waals surface area contributed by atoms with E-state index in [2.05, 4.69) is 10.6 Å². The summed E-state index contributed by atoms with van der Waals surface area (Å²) < 4.78 is 0. The van der Waals surface area contributed by atoms with E-state index in [0.29, 0.717) is 13.1 Å². The van der Waals surface area contributed by atoms with Gasteiger partial charge in [-0.1, -0.05) is 24.3 Å². The van der Waals surface area contributed by atoms with Crippen LogP contribution in [0.25, 0.3) is 0 Å². The number of nitrogens with one attached hydrogen (secondary N) is 2. The van der Waals surface area contributed by atoms with Crippen LogP contribution in [0.15, 0.2) is 41.3 Å². The highest BCUT2D eigenvalue weighted by Crippen LogP contribution is 2.37. The van der Waals surface area contributed by atoms with Gasteiger partial charge in [0.2, 0.25) is 23.6 Å². The summed E-state index contributed by atoms with van der Waals surface area (Å²) in [6.07, 6.45) is 5.69. The Hall–Kier alpha value is -2.58. The van der Waals surface area contributed by atoms with Crippen molar-refractivity contribution in [2.75, 3.05) is 6.54 Å². The van der Waals surface area contributed by atoms with Crippen molar-refractivity contribution in [3.05, 3.63) is 46.2 Å². The van der Waals surface area contributed by atoms with Crippen molar-refractivity contribution in [1.29, 1.82) is 0 Å². The van der Waals surface area contributed by atoms with Crippen molar-refractivity contribution in [2.45, 2.75) is 25.4 Å². The molecule has 0 radical (unpaired) electrons. The maximum absolute atomic E-state index is 13.0. The fourth-order valence-electron chi connectivity index (χ4n) is 3.85. The molecular formula is C19H19N3O4S. The van der Waals surface area contributed by atoms with E-state index in [1.165, 1.54) is 4.88 Å². The highest BCUT2D eigenvalue weighted by Gasteiger charge is 2.52. The molecule has 0 spiro atoms. The van der Waals surface area contributed by atoms with Crippen LogP contribution in [0.5, 0.6) is 0 Å². The molecule has 3 aliphatic rings. The van der Waals surface area contributed by atoms with E-state index in [-0.39, 0.29) is 30.6 Å². The van der Waals surface area contributed by atoms with Crippen LogP contribution < -0.4 is 10.6 Å². The van der Waals surface area contributed by atoms with E-state index in [9.17, 15) is 19.2 Å². The molecule has 3 atom stereocenters. The number of nitrogens with zero attached hydrogens (tertiary/aromatic N) is 1. The zero-order chi connectivity index (χ0) is 19.0. The average Bonchev–Trinajstić information content (AvgIpc) is 3.24. The van der Waals surface area contributed by atoms with Crippen LogP contribution in [0.2, 0.25) is 0 Å². The van der Waals surface area contributed by atoms with Gasteiger partial charge >= 0.3 is 0 Å². The predicted octanol–water partition coefficient (Wildman–Crippen LogP) is 0.740. The lowest BCUT2D eigenvalue weighted by atomic mass is 9.84. The summed E-state index contributed by atoms with van der Waals surface area (Å²) in [5.74, 6) is -2.81. The molecule has 4 amide bonds. The third-order valence-electron chi connectivity index (χ3n) is 5.14. The van der Waals surface area contributed by atoms with Gasteiger partial charge in [0.25, 0.3) is 0 Å². The number of hydrogen-bond donors (Lipinski definition) is 2. The Balaban J connectivity index is 1.49. The summed E-state index contributed by atoms with van der Waals surface area (Å²) in [5, 5.41) is 7.55. The number of thiophene rings is 1. The van der Waals surface area contributed by atoms with Gasteiger partial charge in [-0.3, -0.25) is 29.4 Å². The molecule has 0 bridgehead atoms.